The molecular formula is C29H40FN3O5S. The molecule has 0 radical (unpaired) electrons. The second-order valence-electron chi connectivity index (χ2n) is 10.1. The first-order valence-electron chi connectivity index (χ1n) is 13.6. The number of sulfonamides is 1. The minimum atomic E-state index is -3.65. The van der Waals surface area contributed by atoms with E-state index in [9.17, 15) is 22.4 Å². The monoisotopic (exact) mass is 561 g/mol. The molecule has 2 amide bonds. The van der Waals surface area contributed by atoms with Crippen LogP contribution in [0.5, 0.6) is 5.75 Å². The maximum Gasteiger partial charge on any atom is 0.243 e. The SMILES string of the molecule is CC[C@@H](C(=O)NC1CCCCC1)N(Cc1ccc(OC)cc1)C(=O)CCCN(c1ccc(F)cc1)S(C)(=O)=O. The summed E-state index contributed by atoms with van der Waals surface area (Å²) in [6.45, 7) is 2.18. The zero-order chi connectivity index (χ0) is 28.4. The van der Waals surface area contributed by atoms with E-state index >= 15 is 0 Å². The summed E-state index contributed by atoms with van der Waals surface area (Å²) >= 11 is 0. The standard InChI is InChI=1S/C29H40FN3O5S/c1-4-27(29(35)31-24-9-6-5-7-10-24)32(21-22-12-18-26(38-2)19-13-22)28(34)11-8-20-33(39(3,36)37)25-16-14-23(30)15-17-25/h12-19,24,27H,4-11,20-21H2,1-3H3,(H,31,35)/t27-/m0/s1. The number of hydrogen-bond donors (Lipinski definition) is 1. The fourth-order valence-electron chi connectivity index (χ4n) is 5.00. The van der Waals surface area contributed by atoms with Gasteiger partial charge in [-0.05, 0) is 67.6 Å². The lowest BCUT2D eigenvalue weighted by atomic mass is 9.95. The minimum Gasteiger partial charge on any atom is -0.497 e. The molecule has 0 heterocycles. The Morgan fingerprint density at radius 3 is 2.26 bits per heavy atom. The Hall–Kier alpha value is -3.14. The number of halogens is 1. The summed E-state index contributed by atoms with van der Waals surface area (Å²) in [6.07, 6.45) is 7.05. The molecule has 0 bridgehead atoms. The van der Waals surface area contributed by atoms with Gasteiger partial charge in [0.15, 0.2) is 0 Å². The van der Waals surface area contributed by atoms with Crippen molar-refractivity contribution < 1.29 is 27.1 Å². The first kappa shape index (κ1) is 30.4. The van der Waals surface area contributed by atoms with Gasteiger partial charge >= 0.3 is 0 Å². The normalized spacial score (nSPS) is 14.9. The fourth-order valence-corrected chi connectivity index (χ4v) is 5.97. The Morgan fingerprint density at radius 1 is 1.05 bits per heavy atom. The van der Waals surface area contributed by atoms with Crippen molar-refractivity contribution >= 4 is 27.5 Å². The van der Waals surface area contributed by atoms with Gasteiger partial charge in [-0.1, -0.05) is 38.3 Å². The highest BCUT2D eigenvalue weighted by molar-refractivity contribution is 7.92. The summed E-state index contributed by atoms with van der Waals surface area (Å²) < 4.78 is 44.6. The maximum absolute atomic E-state index is 13.6. The predicted octanol–water partition coefficient (Wildman–Crippen LogP) is 4.64. The zero-order valence-electron chi connectivity index (χ0n) is 23.1. The summed E-state index contributed by atoms with van der Waals surface area (Å²) in [5.74, 6) is -0.159. The van der Waals surface area contributed by atoms with Gasteiger partial charge < -0.3 is 15.0 Å². The van der Waals surface area contributed by atoms with Crippen molar-refractivity contribution in [2.24, 2.45) is 0 Å². The van der Waals surface area contributed by atoms with E-state index in [1.165, 1.54) is 35.0 Å². The Bertz CT molecular complexity index is 1180. The van der Waals surface area contributed by atoms with Gasteiger partial charge in [0.25, 0.3) is 0 Å². The van der Waals surface area contributed by atoms with Crippen molar-refractivity contribution in [2.75, 3.05) is 24.2 Å². The summed E-state index contributed by atoms with van der Waals surface area (Å²) in [4.78, 5) is 28.5. The zero-order valence-corrected chi connectivity index (χ0v) is 23.9. The van der Waals surface area contributed by atoms with Crippen LogP contribution >= 0.6 is 0 Å². The van der Waals surface area contributed by atoms with Gasteiger partial charge in [0.05, 0.1) is 19.1 Å². The third-order valence-electron chi connectivity index (χ3n) is 7.12. The van der Waals surface area contributed by atoms with Gasteiger partial charge in [-0.25, -0.2) is 12.8 Å². The van der Waals surface area contributed by atoms with Gasteiger partial charge in [0.2, 0.25) is 21.8 Å². The number of rotatable bonds is 13. The molecule has 0 aromatic heterocycles. The van der Waals surface area contributed by atoms with Crippen LogP contribution in [0.2, 0.25) is 0 Å². The van der Waals surface area contributed by atoms with Crippen LogP contribution in [0.25, 0.3) is 0 Å². The number of benzene rings is 2. The van der Waals surface area contributed by atoms with Crippen molar-refractivity contribution in [2.45, 2.75) is 76.9 Å². The predicted molar refractivity (Wildman–Crippen MR) is 150 cm³/mol. The number of carbonyl (C=O) groups is 2. The van der Waals surface area contributed by atoms with Gasteiger partial charge in [-0.15, -0.1) is 0 Å². The lowest BCUT2D eigenvalue weighted by molar-refractivity contribution is -0.141. The number of carbonyl (C=O) groups excluding carboxylic acids is 2. The van der Waals surface area contributed by atoms with Crippen molar-refractivity contribution in [3.05, 3.63) is 59.9 Å². The average Bonchev–Trinajstić information content (AvgIpc) is 2.92. The van der Waals surface area contributed by atoms with E-state index in [0.717, 1.165) is 37.5 Å². The molecule has 2 aromatic carbocycles. The molecule has 0 aliphatic heterocycles. The molecule has 0 spiro atoms. The van der Waals surface area contributed by atoms with Gasteiger partial charge in [-0.3, -0.25) is 13.9 Å². The number of methoxy groups -OCH3 is 1. The van der Waals surface area contributed by atoms with E-state index in [4.69, 9.17) is 4.74 Å². The van der Waals surface area contributed by atoms with Crippen LogP contribution < -0.4 is 14.4 Å². The molecule has 1 aliphatic rings. The van der Waals surface area contributed by atoms with E-state index in [1.807, 2.05) is 31.2 Å². The largest absolute Gasteiger partial charge is 0.497 e. The van der Waals surface area contributed by atoms with Crippen LogP contribution in [0.4, 0.5) is 10.1 Å². The number of hydrogen-bond acceptors (Lipinski definition) is 5. The summed E-state index contributed by atoms with van der Waals surface area (Å²) in [6, 6.07) is 12.0. The molecule has 1 fully saturated rings. The highest BCUT2D eigenvalue weighted by Gasteiger charge is 2.30. The molecule has 8 nitrogen and oxygen atoms in total. The number of nitrogens with zero attached hydrogens (tertiary/aromatic N) is 2. The highest BCUT2D eigenvalue weighted by Crippen LogP contribution is 2.22. The second kappa shape index (κ2) is 14.3. The molecule has 1 N–H and O–H groups in total. The smallest absolute Gasteiger partial charge is 0.243 e. The maximum atomic E-state index is 13.6. The van der Waals surface area contributed by atoms with Gasteiger partial charge in [-0.2, -0.15) is 0 Å². The lowest BCUT2D eigenvalue weighted by Gasteiger charge is -2.33. The molecule has 2 aromatic rings. The fraction of sp³-hybridized carbons (Fsp3) is 0.517. The number of ether oxygens (including phenoxy) is 1. The Balaban J connectivity index is 1.75. The molecule has 39 heavy (non-hydrogen) atoms. The van der Waals surface area contributed by atoms with Crippen LogP contribution in [0.3, 0.4) is 0 Å². The second-order valence-corrected chi connectivity index (χ2v) is 12.0. The quantitative estimate of drug-likeness (QED) is 0.385. The van der Waals surface area contributed by atoms with E-state index in [0.29, 0.717) is 17.9 Å². The van der Waals surface area contributed by atoms with E-state index in [-0.39, 0.29) is 43.8 Å². The lowest BCUT2D eigenvalue weighted by Crippen LogP contribution is -2.51. The molecule has 214 valence electrons. The minimum absolute atomic E-state index is 0.0522. The third kappa shape index (κ3) is 8.95. The van der Waals surface area contributed by atoms with E-state index < -0.39 is 21.9 Å². The molecule has 1 saturated carbocycles. The molecule has 10 heteroatoms. The van der Waals surface area contributed by atoms with Crippen molar-refractivity contribution in [1.82, 2.24) is 10.2 Å². The first-order chi connectivity index (χ1) is 18.6. The van der Waals surface area contributed by atoms with Crippen molar-refractivity contribution in [3.63, 3.8) is 0 Å². The van der Waals surface area contributed by atoms with Crippen LogP contribution in [0.1, 0.15) is 63.9 Å². The molecule has 3 rings (SSSR count). The summed E-state index contributed by atoms with van der Waals surface area (Å²) in [5.41, 5.74) is 1.19. The van der Waals surface area contributed by atoms with E-state index in [2.05, 4.69) is 5.32 Å². The van der Waals surface area contributed by atoms with Gasteiger partial charge in [0.1, 0.15) is 17.6 Å². The number of anilines is 1. The molecule has 0 unspecified atom stereocenters. The first-order valence-corrected chi connectivity index (χ1v) is 15.4. The van der Waals surface area contributed by atoms with Crippen LogP contribution in [0.15, 0.2) is 48.5 Å². The summed E-state index contributed by atoms with van der Waals surface area (Å²) in [5, 5.41) is 3.16. The van der Waals surface area contributed by atoms with Gasteiger partial charge in [0, 0.05) is 25.6 Å². The Morgan fingerprint density at radius 2 is 1.69 bits per heavy atom. The van der Waals surface area contributed by atoms with Crippen LogP contribution in [-0.4, -0.2) is 57.1 Å². The molecule has 1 atom stereocenters. The van der Waals surface area contributed by atoms with Crippen LogP contribution in [-0.2, 0) is 26.2 Å². The average molecular weight is 562 g/mol. The topological polar surface area (TPSA) is 96.0 Å². The van der Waals surface area contributed by atoms with Crippen LogP contribution in [0, 0.1) is 5.82 Å². The molecular weight excluding hydrogens is 521 g/mol. The Labute approximate surface area is 231 Å². The highest BCUT2D eigenvalue weighted by atomic mass is 32.2. The van der Waals surface area contributed by atoms with Crippen molar-refractivity contribution in [1.29, 1.82) is 0 Å². The number of nitrogens with one attached hydrogen (secondary N) is 1. The Kier molecular flexibility index (Phi) is 11.2. The molecule has 0 saturated heterocycles. The van der Waals surface area contributed by atoms with E-state index in [1.54, 1.807) is 12.0 Å². The summed E-state index contributed by atoms with van der Waals surface area (Å²) in [7, 11) is -2.06. The molecule has 1 aliphatic carbocycles. The number of amides is 2. The van der Waals surface area contributed by atoms with Crippen molar-refractivity contribution in [3.8, 4) is 5.75 Å². The third-order valence-corrected chi connectivity index (χ3v) is 8.31.